The van der Waals surface area contributed by atoms with Crippen molar-refractivity contribution in [3.63, 3.8) is 0 Å². The van der Waals surface area contributed by atoms with Crippen LogP contribution in [-0.4, -0.2) is 18.2 Å². The van der Waals surface area contributed by atoms with Crippen molar-refractivity contribution in [1.82, 2.24) is 0 Å². The Bertz CT molecular complexity index is 378. The minimum absolute atomic E-state index is 0.0400. The first kappa shape index (κ1) is 12.7. The number of halogens is 1. The summed E-state index contributed by atoms with van der Waals surface area (Å²) >= 11 is 5.90. The molecule has 0 aliphatic carbocycles. The first-order valence-electron chi connectivity index (χ1n) is 6.16. The van der Waals surface area contributed by atoms with Gasteiger partial charge in [0.05, 0.1) is 11.7 Å². The number of ether oxygens (including phenoxy) is 1. The van der Waals surface area contributed by atoms with Crippen LogP contribution in [0.5, 0.6) is 0 Å². The number of hydrogen-bond donors (Lipinski definition) is 1. The highest BCUT2D eigenvalue weighted by Crippen LogP contribution is 2.29. The zero-order chi connectivity index (χ0) is 12.3. The third-order valence-corrected chi connectivity index (χ3v) is 3.52. The average Bonchev–Trinajstić information content (AvgIpc) is 2.67. The molecule has 1 unspecified atom stereocenters. The molecule has 1 aromatic rings. The molecule has 2 nitrogen and oxygen atoms in total. The molecule has 1 aliphatic heterocycles. The smallest absolute Gasteiger partial charge is 0.0755 e. The first-order valence-corrected chi connectivity index (χ1v) is 6.70. The minimum atomic E-state index is 0.0400. The number of benzene rings is 1. The summed E-state index contributed by atoms with van der Waals surface area (Å²) in [6.07, 6.45) is 2.58. The molecule has 1 saturated heterocycles. The van der Waals surface area contributed by atoms with Gasteiger partial charge in [-0.1, -0.05) is 18.2 Å². The van der Waals surface area contributed by atoms with Crippen LogP contribution in [-0.2, 0) is 10.6 Å². The summed E-state index contributed by atoms with van der Waals surface area (Å²) in [5, 5.41) is 3.43. The van der Waals surface area contributed by atoms with Crippen LogP contribution in [0.2, 0.25) is 0 Å². The summed E-state index contributed by atoms with van der Waals surface area (Å²) in [5.41, 5.74) is 2.31. The van der Waals surface area contributed by atoms with Crippen molar-refractivity contribution in [2.75, 3.05) is 11.9 Å². The van der Waals surface area contributed by atoms with E-state index in [2.05, 4.69) is 31.3 Å². The van der Waals surface area contributed by atoms with Crippen LogP contribution in [0.4, 0.5) is 5.69 Å². The standard InChI is InChI=1S/C14H20ClNO/c1-14(2)8-7-12(17-14)10-16-13-6-4-3-5-11(13)9-15/h3-6,12,16H,7-10H2,1-2H3. The van der Waals surface area contributed by atoms with E-state index >= 15 is 0 Å². The topological polar surface area (TPSA) is 21.3 Å². The number of para-hydroxylation sites is 1. The molecule has 1 heterocycles. The Balaban J connectivity index is 1.90. The molecule has 0 amide bonds. The molecule has 2 rings (SSSR count). The molecule has 0 spiro atoms. The predicted octanol–water partition coefficient (Wildman–Crippen LogP) is 3.79. The largest absolute Gasteiger partial charge is 0.382 e. The summed E-state index contributed by atoms with van der Waals surface area (Å²) in [4.78, 5) is 0. The van der Waals surface area contributed by atoms with E-state index in [4.69, 9.17) is 16.3 Å². The van der Waals surface area contributed by atoms with Crippen molar-refractivity contribution in [3.05, 3.63) is 29.8 Å². The zero-order valence-corrected chi connectivity index (χ0v) is 11.3. The lowest BCUT2D eigenvalue weighted by Crippen LogP contribution is -2.25. The lowest BCUT2D eigenvalue weighted by molar-refractivity contribution is -0.00911. The van der Waals surface area contributed by atoms with Gasteiger partial charge in [0.2, 0.25) is 0 Å². The van der Waals surface area contributed by atoms with Crippen molar-refractivity contribution < 1.29 is 4.74 Å². The third kappa shape index (κ3) is 3.36. The summed E-state index contributed by atoms with van der Waals surface area (Å²) in [5.74, 6) is 0.542. The summed E-state index contributed by atoms with van der Waals surface area (Å²) in [6, 6.07) is 8.16. The van der Waals surface area contributed by atoms with Crippen LogP contribution in [0, 0.1) is 0 Å². The van der Waals surface area contributed by atoms with Gasteiger partial charge in [-0.2, -0.15) is 0 Å². The zero-order valence-electron chi connectivity index (χ0n) is 10.5. The van der Waals surface area contributed by atoms with E-state index in [0.29, 0.717) is 12.0 Å². The Hall–Kier alpha value is -0.730. The maximum absolute atomic E-state index is 5.95. The van der Waals surface area contributed by atoms with Crippen molar-refractivity contribution in [2.45, 2.75) is 44.3 Å². The van der Waals surface area contributed by atoms with Gasteiger partial charge in [0.15, 0.2) is 0 Å². The lowest BCUT2D eigenvalue weighted by atomic mass is 10.1. The monoisotopic (exact) mass is 253 g/mol. The van der Waals surface area contributed by atoms with E-state index in [-0.39, 0.29) is 5.60 Å². The van der Waals surface area contributed by atoms with Crippen LogP contribution in [0.1, 0.15) is 32.3 Å². The van der Waals surface area contributed by atoms with Gasteiger partial charge < -0.3 is 10.1 Å². The quantitative estimate of drug-likeness (QED) is 0.825. The highest BCUT2D eigenvalue weighted by Gasteiger charge is 2.31. The van der Waals surface area contributed by atoms with Gasteiger partial charge in [-0.25, -0.2) is 0 Å². The number of nitrogens with one attached hydrogen (secondary N) is 1. The Morgan fingerprint density at radius 3 is 2.82 bits per heavy atom. The second-order valence-electron chi connectivity index (χ2n) is 5.21. The molecular weight excluding hydrogens is 234 g/mol. The fourth-order valence-corrected chi connectivity index (χ4v) is 2.49. The molecule has 1 aromatic carbocycles. The molecule has 94 valence electrons. The number of rotatable bonds is 4. The fraction of sp³-hybridized carbons (Fsp3) is 0.571. The van der Waals surface area contributed by atoms with Gasteiger partial charge >= 0.3 is 0 Å². The Morgan fingerprint density at radius 2 is 2.18 bits per heavy atom. The van der Waals surface area contributed by atoms with Gasteiger partial charge in [-0.15, -0.1) is 11.6 Å². The van der Waals surface area contributed by atoms with Gasteiger partial charge in [0, 0.05) is 18.1 Å². The molecule has 0 bridgehead atoms. The Labute approximate surface area is 108 Å². The predicted molar refractivity (Wildman–Crippen MR) is 72.7 cm³/mol. The second kappa shape index (κ2) is 5.28. The molecule has 17 heavy (non-hydrogen) atoms. The maximum Gasteiger partial charge on any atom is 0.0755 e. The van der Waals surface area contributed by atoms with E-state index in [1.54, 1.807) is 0 Å². The Morgan fingerprint density at radius 1 is 1.41 bits per heavy atom. The maximum atomic E-state index is 5.95. The highest BCUT2D eigenvalue weighted by atomic mass is 35.5. The third-order valence-electron chi connectivity index (χ3n) is 3.24. The first-order chi connectivity index (χ1) is 8.11. The van der Waals surface area contributed by atoms with E-state index in [9.17, 15) is 0 Å². The van der Waals surface area contributed by atoms with Crippen LogP contribution in [0.15, 0.2) is 24.3 Å². The van der Waals surface area contributed by atoms with Crippen molar-refractivity contribution >= 4 is 17.3 Å². The van der Waals surface area contributed by atoms with E-state index in [0.717, 1.165) is 30.6 Å². The summed E-state index contributed by atoms with van der Waals surface area (Å²) < 4.78 is 5.95. The molecule has 0 radical (unpaired) electrons. The van der Waals surface area contributed by atoms with Gasteiger partial charge in [0.25, 0.3) is 0 Å². The van der Waals surface area contributed by atoms with Crippen molar-refractivity contribution in [2.24, 2.45) is 0 Å². The normalized spacial score (nSPS) is 22.6. The molecule has 1 N–H and O–H groups in total. The van der Waals surface area contributed by atoms with Crippen LogP contribution in [0.25, 0.3) is 0 Å². The van der Waals surface area contributed by atoms with E-state index in [1.165, 1.54) is 0 Å². The molecule has 0 aromatic heterocycles. The van der Waals surface area contributed by atoms with Crippen LogP contribution < -0.4 is 5.32 Å². The highest BCUT2D eigenvalue weighted by molar-refractivity contribution is 6.17. The summed E-state index contributed by atoms with van der Waals surface area (Å²) in [6.45, 7) is 5.16. The molecule has 3 heteroatoms. The lowest BCUT2D eigenvalue weighted by Gasteiger charge is -2.20. The fourth-order valence-electron chi connectivity index (χ4n) is 2.25. The molecule has 0 saturated carbocycles. The number of hydrogen-bond acceptors (Lipinski definition) is 2. The number of anilines is 1. The van der Waals surface area contributed by atoms with Gasteiger partial charge in [-0.3, -0.25) is 0 Å². The van der Waals surface area contributed by atoms with Crippen molar-refractivity contribution in [1.29, 1.82) is 0 Å². The number of alkyl halides is 1. The van der Waals surface area contributed by atoms with Crippen LogP contribution >= 0.6 is 11.6 Å². The van der Waals surface area contributed by atoms with Crippen LogP contribution in [0.3, 0.4) is 0 Å². The van der Waals surface area contributed by atoms with E-state index in [1.807, 2.05) is 12.1 Å². The average molecular weight is 254 g/mol. The Kier molecular flexibility index (Phi) is 3.95. The van der Waals surface area contributed by atoms with Crippen molar-refractivity contribution in [3.8, 4) is 0 Å². The van der Waals surface area contributed by atoms with Gasteiger partial charge in [-0.05, 0) is 38.3 Å². The molecule has 1 aliphatic rings. The molecular formula is C14H20ClNO. The molecule has 1 atom stereocenters. The van der Waals surface area contributed by atoms with E-state index < -0.39 is 0 Å². The molecule has 1 fully saturated rings. The minimum Gasteiger partial charge on any atom is -0.382 e. The SMILES string of the molecule is CC1(C)CCC(CNc2ccccc2CCl)O1. The second-order valence-corrected chi connectivity index (χ2v) is 5.48. The summed E-state index contributed by atoms with van der Waals surface area (Å²) in [7, 11) is 0. The van der Waals surface area contributed by atoms with Gasteiger partial charge in [0.1, 0.15) is 0 Å².